The van der Waals surface area contributed by atoms with Gasteiger partial charge in [0.25, 0.3) is 0 Å². The molecule has 0 aromatic heterocycles. The Labute approximate surface area is 131 Å². The van der Waals surface area contributed by atoms with Crippen LogP contribution in [0.15, 0.2) is 0 Å². The van der Waals surface area contributed by atoms with Gasteiger partial charge in [0.15, 0.2) is 0 Å². The molecule has 6 heteroatoms. The summed E-state index contributed by atoms with van der Waals surface area (Å²) < 4.78 is 0. The van der Waals surface area contributed by atoms with Crippen molar-refractivity contribution in [1.82, 2.24) is 10.2 Å². The number of aliphatic carboxylic acids is 1. The summed E-state index contributed by atoms with van der Waals surface area (Å²) in [5.41, 5.74) is -0.853. The van der Waals surface area contributed by atoms with Gasteiger partial charge in [0.2, 0.25) is 11.8 Å². The maximum Gasteiger partial charge on any atom is 0.310 e. The monoisotopic (exact) mass is 310 g/mol. The highest BCUT2D eigenvalue weighted by atomic mass is 16.4. The van der Waals surface area contributed by atoms with Crippen molar-refractivity contribution in [1.29, 1.82) is 0 Å². The van der Waals surface area contributed by atoms with Crippen molar-refractivity contribution in [3.8, 4) is 0 Å². The molecule has 0 radical (unpaired) electrons. The largest absolute Gasteiger partial charge is 0.481 e. The van der Waals surface area contributed by atoms with Gasteiger partial charge < -0.3 is 15.3 Å². The van der Waals surface area contributed by atoms with E-state index in [4.69, 9.17) is 0 Å². The highest BCUT2D eigenvalue weighted by Gasteiger charge is 2.47. The SMILES string of the molecule is CCCNC(=O)C1CCCN(C(=O)CC2(C(=O)O)CCC2)C1. The van der Waals surface area contributed by atoms with Crippen molar-refractivity contribution in [2.45, 2.75) is 51.9 Å². The second kappa shape index (κ2) is 7.11. The number of carboxylic acid groups (broad SMARTS) is 1. The van der Waals surface area contributed by atoms with E-state index in [0.29, 0.717) is 32.5 Å². The van der Waals surface area contributed by atoms with Crippen LogP contribution in [0, 0.1) is 11.3 Å². The molecule has 6 nitrogen and oxygen atoms in total. The molecular formula is C16H26N2O4. The Morgan fingerprint density at radius 3 is 2.55 bits per heavy atom. The van der Waals surface area contributed by atoms with E-state index >= 15 is 0 Å². The number of carboxylic acids is 1. The van der Waals surface area contributed by atoms with Gasteiger partial charge in [-0.25, -0.2) is 0 Å². The molecule has 2 fully saturated rings. The van der Waals surface area contributed by atoms with Gasteiger partial charge >= 0.3 is 5.97 Å². The molecule has 1 unspecified atom stereocenters. The number of piperidine rings is 1. The van der Waals surface area contributed by atoms with Crippen molar-refractivity contribution in [3.05, 3.63) is 0 Å². The summed E-state index contributed by atoms with van der Waals surface area (Å²) in [5, 5.41) is 12.2. The molecule has 124 valence electrons. The molecular weight excluding hydrogens is 284 g/mol. The molecule has 1 aliphatic carbocycles. The molecule has 1 heterocycles. The summed E-state index contributed by atoms with van der Waals surface area (Å²) in [7, 11) is 0. The fourth-order valence-corrected chi connectivity index (χ4v) is 3.28. The van der Waals surface area contributed by atoms with Gasteiger partial charge in [0.1, 0.15) is 0 Å². The highest BCUT2D eigenvalue weighted by molar-refractivity contribution is 5.86. The molecule has 2 amide bonds. The van der Waals surface area contributed by atoms with Gasteiger partial charge in [-0.2, -0.15) is 0 Å². The molecule has 1 aliphatic heterocycles. The molecule has 0 spiro atoms. The average molecular weight is 310 g/mol. The van der Waals surface area contributed by atoms with Crippen molar-refractivity contribution >= 4 is 17.8 Å². The van der Waals surface area contributed by atoms with E-state index in [2.05, 4.69) is 5.32 Å². The number of amides is 2. The summed E-state index contributed by atoms with van der Waals surface area (Å²) in [6.45, 7) is 3.71. The molecule has 1 saturated heterocycles. The first kappa shape index (κ1) is 16.8. The summed E-state index contributed by atoms with van der Waals surface area (Å²) in [6, 6.07) is 0. The lowest BCUT2D eigenvalue weighted by molar-refractivity contribution is -0.160. The third-order valence-corrected chi connectivity index (χ3v) is 4.95. The number of nitrogens with zero attached hydrogens (tertiary/aromatic N) is 1. The van der Waals surface area contributed by atoms with Crippen LogP contribution in [0.4, 0.5) is 0 Å². The van der Waals surface area contributed by atoms with Crippen LogP contribution >= 0.6 is 0 Å². The fourth-order valence-electron chi connectivity index (χ4n) is 3.28. The zero-order valence-electron chi connectivity index (χ0n) is 13.3. The second-order valence-corrected chi connectivity index (χ2v) is 6.59. The van der Waals surface area contributed by atoms with Crippen molar-refractivity contribution < 1.29 is 19.5 Å². The molecule has 2 N–H and O–H groups in total. The van der Waals surface area contributed by atoms with Gasteiger partial charge in [-0.1, -0.05) is 13.3 Å². The van der Waals surface area contributed by atoms with E-state index in [1.807, 2.05) is 6.92 Å². The molecule has 0 bridgehead atoms. The Bertz CT molecular complexity index is 445. The number of hydrogen-bond donors (Lipinski definition) is 2. The zero-order valence-corrected chi connectivity index (χ0v) is 13.3. The van der Waals surface area contributed by atoms with E-state index in [0.717, 1.165) is 25.7 Å². The van der Waals surface area contributed by atoms with Gasteiger partial charge in [-0.3, -0.25) is 14.4 Å². The van der Waals surface area contributed by atoms with E-state index in [9.17, 15) is 19.5 Å². The first-order chi connectivity index (χ1) is 10.5. The Morgan fingerprint density at radius 1 is 1.27 bits per heavy atom. The van der Waals surface area contributed by atoms with Gasteiger partial charge in [0, 0.05) is 26.1 Å². The Hall–Kier alpha value is -1.59. The lowest BCUT2D eigenvalue weighted by Gasteiger charge is -2.40. The van der Waals surface area contributed by atoms with Gasteiger partial charge in [-0.05, 0) is 32.1 Å². The first-order valence-corrected chi connectivity index (χ1v) is 8.27. The number of carbonyl (C=O) groups excluding carboxylic acids is 2. The van der Waals surface area contributed by atoms with Crippen LogP contribution in [0.25, 0.3) is 0 Å². The van der Waals surface area contributed by atoms with Crippen LogP contribution in [-0.2, 0) is 14.4 Å². The number of rotatable bonds is 6. The Balaban J connectivity index is 1.90. The topological polar surface area (TPSA) is 86.7 Å². The summed E-state index contributed by atoms with van der Waals surface area (Å²) in [6.07, 6.45) is 4.61. The lowest BCUT2D eigenvalue weighted by Crippen LogP contribution is -2.48. The minimum atomic E-state index is -0.860. The predicted molar refractivity (Wildman–Crippen MR) is 81.1 cm³/mol. The Kier molecular flexibility index (Phi) is 5.42. The second-order valence-electron chi connectivity index (χ2n) is 6.59. The predicted octanol–water partition coefficient (Wildman–Crippen LogP) is 1.40. The summed E-state index contributed by atoms with van der Waals surface area (Å²) in [4.78, 5) is 37.5. The first-order valence-electron chi connectivity index (χ1n) is 8.27. The van der Waals surface area contributed by atoms with E-state index in [1.54, 1.807) is 4.90 Å². The summed E-state index contributed by atoms with van der Waals surface area (Å²) in [5.74, 6) is -1.13. The smallest absolute Gasteiger partial charge is 0.310 e. The van der Waals surface area contributed by atoms with E-state index in [-0.39, 0.29) is 24.2 Å². The van der Waals surface area contributed by atoms with Crippen LogP contribution in [-0.4, -0.2) is 47.4 Å². The molecule has 2 aliphatic rings. The van der Waals surface area contributed by atoms with Crippen LogP contribution in [0.2, 0.25) is 0 Å². The van der Waals surface area contributed by atoms with Crippen molar-refractivity contribution in [2.24, 2.45) is 11.3 Å². The number of carbonyl (C=O) groups is 3. The fraction of sp³-hybridized carbons (Fsp3) is 0.812. The molecule has 22 heavy (non-hydrogen) atoms. The van der Waals surface area contributed by atoms with Crippen molar-refractivity contribution in [2.75, 3.05) is 19.6 Å². The molecule has 1 atom stereocenters. The number of hydrogen-bond acceptors (Lipinski definition) is 3. The van der Waals surface area contributed by atoms with Crippen molar-refractivity contribution in [3.63, 3.8) is 0 Å². The number of nitrogens with one attached hydrogen (secondary N) is 1. The van der Waals surface area contributed by atoms with Crippen LogP contribution in [0.5, 0.6) is 0 Å². The maximum absolute atomic E-state index is 12.4. The molecule has 2 rings (SSSR count). The third kappa shape index (κ3) is 3.59. The highest BCUT2D eigenvalue weighted by Crippen LogP contribution is 2.44. The van der Waals surface area contributed by atoms with Crippen LogP contribution in [0.1, 0.15) is 51.9 Å². The minimum Gasteiger partial charge on any atom is -0.481 e. The average Bonchev–Trinajstić information content (AvgIpc) is 2.48. The minimum absolute atomic E-state index is 0.0101. The summed E-state index contributed by atoms with van der Waals surface area (Å²) >= 11 is 0. The normalized spacial score (nSPS) is 23.5. The van der Waals surface area contributed by atoms with Crippen LogP contribution < -0.4 is 5.32 Å². The lowest BCUT2D eigenvalue weighted by atomic mass is 9.66. The zero-order chi connectivity index (χ0) is 16.2. The third-order valence-electron chi connectivity index (χ3n) is 4.95. The van der Waals surface area contributed by atoms with Gasteiger partial charge in [-0.15, -0.1) is 0 Å². The van der Waals surface area contributed by atoms with E-state index < -0.39 is 11.4 Å². The molecule has 1 saturated carbocycles. The maximum atomic E-state index is 12.4. The van der Waals surface area contributed by atoms with E-state index in [1.165, 1.54) is 0 Å². The standard InChI is InChI=1S/C16H26N2O4/c1-2-8-17-14(20)12-5-3-9-18(11-12)13(19)10-16(15(21)22)6-4-7-16/h12H,2-11H2,1H3,(H,17,20)(H,21,22). The van der Waals surface area contributed by atoms with Gasteiger partial charge in [0.05, 0.1) is 11.3 Å². The quantitative estimate of drug-likeness (QED) is 0.776. The molecule has 0 aromatic rings. The number of likely N-dealkylation sites (tertiary alicyclic amines) is 1. The molecule has 0 aromatic carbocycles. The van der Waals surface area contributed by atoms with Crippen LogP contribution in [0.3, 0.4) is 0 Å². The Morgan fingerprint density at radius 2 is 2.00 bits per heavy atom.